The molecular weight excluding hydrogens is 246 g/mol. The first kappa shape index (κ1) is 11.4. The predicted octanol–water partition coefficient (Wildman–Crippen LogP) is -0.00550. The Morgan fingerprint density at radius 3 is 2.53 bits per heavy atom. The van der Waals surface area contributed by atoms with Gasteiger partial charge in [-0.1, -0.05) is 6.07 Å². The van der Waals surface area contributed by atoms with Crippen LogP contribution in [0.1, 0.15) is 0 Å². The number of anilines is 1. The fourth-order valence-corrected chi connectivity index (χ4v) is 1.91. The van der Waals surface area contributed by atoms with E-state index in [2.05, 4.69) is 5.10 Å². The van der Waals surface area contributed by atoms with E-state index in [4.69, 9.17) is 10.3 Å². The third kappa shape index (κ3) is 2.22. The Labute approximate surface area is 96.2 Å². The lowest BCUT2D eigenvalue weighted by Gasteiger charge is -2.03. The van der Waals surface area contributed by atoms with Crippen molar-refractivity contribution in [3.05, 3.63) is 40.7 Å². The molecule has 2 rings (SSSR count). The molecule has 0 atom stereocenters. The summed E-state index contributed by atoms with van der Waals surface area (Å²) < 4.78 is 31.8. The van der Waals surface area contributed by atoms with Gasteiger partial charge in [0, 0.05) is 6.07 Å². The van der Waals surface area contributed by atoms with E-state index >= 15 is 0 Å². The van der Waals surface area contributed by atoms with Gasteiger partial charge in [-0.05, 0) is 18.2 Å². The minimum atomic E-state index is -4.30. The fourth-order valence-electron chi connectivity index (χ4n) is 1.39. The van der Waals surface area contributed by atoms with Crippen molar-refractivity contribution in [3.8, 4) is 5.69 Å². The zero-order chi connectivity index (χ0) is 12.6. The van der Waals surface area contributed by atoms with E-state index < -0.39 is 15.7 Å². The van der Waals surface area contributed by atoms with Crippen LogP contribution in [0.15, 0.2) is 40.0 Å². The lowest BCUT2D eigenvalue weighted by molar-refractivity contribution is 0.483. The van der Waals surface area contributed by atoms with Crippen molar-refractivity contribution in [2.45, 2.75) is 4.90 Å². The van der Waals surface area contributed by atoms with E-state index in [1.54, 1.807) is 0 Å². The molecule has 7 nitrogen and oxygen atoms in total. The summed E-state index contributed by atoms with van der Waals surface area (Å²) in [6.45, 7) is 0. The van der Waals surface area contributed by atoms with Crippen LogP contribution in [0.3, 0.4) is 0 Å². The molecule has 0 saturated carbocycles. The molecule has 4 N–H and O–H groups in total. The molecule has 0 bridgehead atoms. The molecule has 0 unspecified atom stereocenters. The Kier molecular flexibility index (Phi) is 2.52. The minimum Gasteiger partial charge on any atom is -0.384 e. The third-order valence-corrected chi connectivity index (χ3v) is 2.96. The van der Waals surface area contributed by atoms with Gasteiger partial charge in [0.2, 0.25) is 0 Å². The number of H-pyrrole nitrogens is 1. The van der Waals surface area contributed by atoms with Crippen molar-refractivity contribution in [2.75, 3.05) is 5.73 Å². The van der Waals surface area contributed by atoms with Gasteiger partial charge >= 0.3 is 0 Å². The van der Waals surface area contributed by atoms with Crippen molar-refractivity contribution in [3.63, 3.8) is 0 Å². The zero-order valence-corrected chi connectivity index (χ0v) is 9.31. The van der Waals surface area contributed by atoms with Crippen molar-refractivity contribution in [2.24, 2.45) is 0 Å². The minimum absolute atomic E-state index is 0.159. The molecule has 17 heavy (non-hydrogen) atoms. The summed E-state index contributed by atoms with van der Waals surface area (Å²) >= 11 is 0. The summed E-state index contributed by atoms with van der Waals surface area (Å²) in [5, 5.41) is 2.54. The summed E-state index contributed by atoms with van der Waals surface area (Å²) in [5.74, 6) is 0.159. The van der Waals surface area contributed by atoms with Crippen molar-refractivity contribution in [1.29, 1.82) is 0 Å². The maximum absolute atomic E-state index is 11.4. The molecule has 1 aromatic heterocycles. The average Bonchev–Trinajstić information content (AvgIpc) is 2.57. The van der Waals surface area contributed by atoms with Crippen molar-refractivity contribution in [1.82, 2.24) is 9.78 Å². The lowest BCUT2D eigenvalue weighted by Crippen LogP contribution is -2.14. The molecule has 8 heteroatoms. The van der Waals surface area contributed by atoms with Gasteiger partial charge in [0.1, 0.15) is 5.82 Å². The van der Waals surface area contributed by atoms with Gasteiger partial charge in [-0.25, -0.2) is 4.68 Å². The Balaban J connectivity index is 2.62. The van der Waals surface area contributed by atoms with Crippen LogP contribution in [0.4, 0.5) is 5.82 Å². The van der Waals surface area contributed by atoms with E-state index in [0.29, 0.717) is 0 Å². The van der Waals surface area contributed by atoms with Crippen LogP contribution >= 0.6 is 0 Å². The molecular formula is C9H9N3O4S. The van der Waals surface area contributed by atoms with Gasteiger partial charge in [0.25, 0.3) is 15.7 Å². The van der Waals surface area contributed by atoms with E-state index in [-0.39, 0.29) is 16.4 Å². The largest absolute Gasteiger partial charge is 0.384 e. The van der Waals surface area contributed by atoms with Crippen LogP contribution in [0.5, 0.6) is 0 Å². The van der Waals surface area contributed by atoms with Crippen molar-refractivity contribution >= 4 is 15.9 Å². The Morgan fingerprint density at radius 2 is 2.00 bits per heavy atom. The normalized spacial score (nSPS) is 11.6. The summed E-state index contributed by atoms with van der Waals surface area (Å²) in [5.41, 5.74) is 5.24. The smallest absolute Gasteiger partial charge is 0.294 e. The number of benzene rings is 1. The number of aromatic amines is 1. The molecule has 0 saturated heterocycles. The molecule has 1 aromatic carbocycles. The number of rotatable bonds is 2. The van der Waals surface area contributed by atoms with Gasteiger partial charge in [0.15, 0.2) is 0 Å². The fraction of sp³-hybridized carbons (Fsp3) is 0. The monoisotopic (exact) mass is 255 g/mol. The Morgan fingerprint density at radius 1 is 1.29 bits per heavy atom. The van der Waals surface area contributed by atoms with Crippen LogP contribution < -0.4 is 11.3 Å². The summed E-state index contributed by atoms with van der Waals surface area (Å²) in [4.78, 5) is 11.1. The number of hydrogen-bond acceptors (Lipinski definition) is 4. The van der Waals surface area contributed by atoms with Gasteiger partial charge in [-0.3, -0.25) is 14.4 Å². The number of nitrogen functional groups attached to an aromatic ring is 1. The molecule has 0 aliphatic rings. The molecule has 0 radical (unpaired) electrons. The second-order valence-electron chi connectivity index (χ2n) is 3.36. The number of aromatic nitrogens is 2. The number of nitrogens with two attached hydrogens (primary N) is 1. The summed E-state index contributed by atoms with van der Waals surface area (Å²) in [6.07, 6.45) is 0. The van der Waals surface area contributed by atoms with E-state index in [1.807, 2.05) is 0 Å². The average molecular weight is 255 g/mol. The van der Waals surface area contributed by atoms with E-state index in [9.17, 15) is 13.2 Å². The van der Waals surface area contributed by atoms with Crippen molar-refractivity contribution < 1.29 is 13.0 Å². The molecule has 0 fully saturated rings. The second-order valence-corrected chi connectivity index (χ2v) is 4.78. The maximum Gasteiger partial charge on any atom is 0.294 e. The first-order valence-corrected chi connectivity index (χ1v) is 5.97. The highest BCUT2D eigenvalue weighted by atomic mass is 32.2. The number of nitrogens with zero attached hydrogens (tertiary/aromatic N) is 1. The van der Waals surface area contributed by atoms with Crippen LogP contribution in [0, 0.1) is 0 Å². The molecule has 90 valence electrons. The van der Waals surface area contributed by atoms with Gasteiger partial charge in [-0.2, -0.15) is 8.42 Å². The lowest BCUT2D eigenvalue weighted by atomic mass is 10.3. The standard InChI is InChI=1S/C9H9N3O4S/c10-8-5-9(13)12(11-8)6-2-1-3-7(4-6)17(14,15)16/h1-5,11H,10H2,(H,14,15,16). The summed E-state index contributed by atoms with van der Waals surface area (Å²) in [6, 6.07) is 6.46. The third-order valence-electron chi connectivity index (χ3n) is 2.11. The molecule has 0 aliphatic carbocycles. The highest BCUT2D eigenvalue weighted by molar-refractivity contribution is 7.85. The molecule has 0 spiro atoms. The van der Waals surface area contributed by atoms with Gasteiger partial charge < -0.3 is 5.73 Å². The SMILES string of the molecule is Nc1cc(=O)n(-c2cccc(S(=O)(=O)O)c2)[nH]1. The first-order valence-electron chi connectivity index (χ1n) is 4.53. The Hall–Kier alpha value is -2.06. The van der Waals surface area contributed by atoms with Crippen LogP contribution in [0.25, 0.3) is 5.69 Å². The molecule has 0 aliphatic heterocycles. The van der Waals surface area contributed by atoms with Gasteiger partial charge in [0.05, 0.1) is 10.6 Å². The molecule has 0 amide bonds. The van der Waals surface area contributed by atoms with Crippen LogP contribution in [-0.4, -0.2) is 22.8 Å². The zero-order valence-electron chi connectivity index (χ0n) is 8.49. The second kappa shape index (κ2) is 3.75. The number of hydrogen-bond donors (Lipinski definition) is 3. The molecule has 1 heterocycles. The van der Waals surface area contributed by atoms with E-state index in [0.717, 1.165) is 10.7 Å². The maximum atomic E-state index is 11.4. The Bertz CT molecular complexity index is 714. The van der Waals surface area contributed by atoms with E-state index in [1.165, 1.54) is 24.3 Å². The topological polar surface area (TPSA) is 118 Å². The van der Waals surface area contributed by atoms with Crippen LogP contribution in [0.2, 0.25) is 0 Å². The highest BCUT2D eigenvalue weighted by Gasteiger charge is 2.11. The first-order chi connectivity index (χ1) is 7.88. The summed E-state index contributed by atoms with van der Waals surface area (Å²) in [7, 11) is -4.30. The number of nitrogens with one attached hydrogen (secondary N) is 1. The molecule has 2 aromatic rings. The van der Waals surface area contributed by atoms with Crippen LogP contribution in [-0.2, 0) is 10.1 Å². The predicted molar refractivity (Wildman–Crippen MR) is 60.6 cm³/mol. The van der Waals surface area contributed by atoms with Gasteiger partial charge in [-0.15, -0.1) is 0 Å². The quantitative estimate of drug-likeness (QED) is 0.652. The highest BCUT2D eigenvalue weighted by Crippen LogP contribution is 2.13.